The molecule has 0 saturated heterocycles. The van der Waals surface area contributed by atoms with Gasteiger partial charge in [-0.05, 0) is 20.8 Å². The van der Waals surface area contributed by atoms with Crippen molar-refractivity contribution in [2.24, 2.45) is 0 Å². The van der Waals surface area contributed by atoms with E-state index in [4.69, 9.17) is 5.11 Å². The number of nitrogens with one attached hydrogen (secondary N) is 1. The molecular weight excluding hydrogens is 265 g/mol. The highest BCUT2D eigenvalue weighted by molar-refractivity contribution is 5.75. The molecule has 0 aliphatic heterocycles. The second-order valence-corrected chi connectivity index (χ2v) is 4.60. The summed E-state index contributed by atoms with van der Waals surface area (Å²) < 4.78 is 36.4. The molecule has 0 aliphatic rings. The first kappa shape index (κ1) is 17.5. The third kappa shape index (κ3) is 8.28. The van der Waals surface area contributed by atoms with Crippen molar-refractivity contribution in [3.8, 4) is 0 Å². The lowest BCUT2D eigenvalue weighted by atomic mass is 10.2. The summed E-state index contributed by atoms with van der Waals surface area (Å²) in [6, 6.07) is -2.04. The van der Waals surface area contributed by atoms with Crippen molar-refractivity contribution in [3.05, 3.63) is 0 Å². The van der Waals surface area contributed by atoms with Gasteiger partial charge in [0.15, 0.2) is 0 Å². The lowest BCUT2D eigenvalue weighted by molar-refractivity contribution is -0.138. The highest BCUT2D eigenvalue weighted by Gasteiger charge is 2.31. The van der Waals surface area contributed by atoms with Crippen LogP contribution >= 0.6 is 0 Å². The van der Waals surface area contributed by atoms with E-state index in [1.54, 1.807) is 13.8 Å². The number of alkyl halides is 3. The molecule has 1 unspecified atom stereocenters. The minimum atomic E-state index is -4.35. The smallest absolute Gasteiger partial charge is 0.391 e. The van der Waals surface area contributed by atoms with Gasteiger partial charge in [0.1, 0.15) is 0 Å². The molecule has 0 heterocycles. The summed E-state index contributed by atoms with van der Waals surface area (Å²) in [6.45, 7) is 4.53. The molecule has 0 bridgehead atoms. The molecule has 0 aliphatic carbocycles. The summed E-state index contributed by atoms with van der Waals surface area (Å²) in [6.07, 6.45) is -5.72. The first-order valence-corrected chi connectivity index (χ1v) is 5.88. The minimum absolute atomic E-state index is 0.0441. The third-order valence-corrected chi connectivity index (χ3v) is 2.36. The molecule has 0 saturated carbocycles. The quantitative estimate of drug-likeness (QED) is 0.785. The van der Waals surface area contributed by atoms with E-state index in [0.717, 1.165) is 0 Å². The van der Waals surface area contributed by atoms with Crippen LogP contribution in [-0.4, -0.2) is 46.8 Å². The van der Waals surface area contributed by atoms with Crippen molar-refractivity contribution in [1.29, 1.82) is 0 Å². The molecule has 8 heteroatoms. The fourth-order valence-corrected chi connectivity index (χ4v) is 1.50. The van der Waals surface area contributed by atoms with Gasteiger partial charge in [0.05, 0.1) is 12.8 Å². The lowest BCUT2D eigenvalue weighted by Crippen LogP contribution is -2.48. The van der Waals surface area contributed by atoms with Gasteiger partial charge >= 0.3 is 18.2 Å². The number of carboxylic acid groups (broad SMARTS) is 1. The molecule has 0 aromatic rings. The average molecular weight is 284 g/mol. The maximum atomic E-state index is 12.1. The summed E-state index contributed by atoms with van der Waals surface area (Å²) in [5.41, 5.74) is 0. The number of hydrogen-bond donors (Lipinski definition) is 2. The number of carbonyl (C=O) groups excluding carboxylic acids is 1. The summed E-state index contributed by atoms with van der Waals surface area (Å²) in [7, 11) is 0. The number of amides is 2. The lowest BCUT2D eigenvalue weighted by Gasteiger charge is -2.28. The van der Waals surface area contributed by atoms with Gasteiger partial charge in [0.2, 0.25) is 0 Å². The molecule has 5 nitrogen and oxygen atoms in total. The van der Waals surface area contributed by atoms with E-state index >= 15 is 0 Å². The molecular formula is C11H19F3N2O3. The van der Waals surface area contributed by atoms with E-state index in [9.17, 15) is 22.8 Å². The monoisotopic (exact) mass is 284 g/mol. The van der Waals surface area contributed by atoms with E-state index in [0.29, 0.717) is 0 Å². The Hall–Kier alpha value is -1.47. The molecule has 2 amide bonds. The van der Waals surface area contributed by atoms with Crippen LogP contribution < -0.4 is 5.32 Å². The zero-order valence-electron chi connectivity index (χ0n) is 11.1. The summed E-state index contributed by atoms with van der Waals surface area (Å²) >= 11 is 0. The van der Waals surface area contributed by atoms with E-state index in [-0.39, 0.29) is 19.0 Å². The van der Waals surface area contributed by atoms with Gasteiger partial charge in [-0.15, -0.1) is 0 Å². The molecule has 2 N–H and O–H groups in total. The van der Waals surface area contributed by atoms with Crippen LogP contribution in [0.5, 0.6) is 0 Å². The molecule has 0 rings (SSSR count). The molecule has 0 fully saturated rings. The maximum absolute atomic E-state index is 12.1. The number of rotatable bonds is 6. The first-order chi connectivity index (χ1) is 8.53. The predicted octanol–water partition coefficient (Wildman–Crippen LogP) is 2.22. The van der Waals surface area contributed by atoms with Crippen molar-refractivity contribution in [1.82, 2.24) is 10.2 Å². The Morgan fingerprint density at radius 3 is 2.16 bits per heavy atom. The largest absolute Gasteiger partial charge is 0.481 e. The van der Waals surface area contributed by atoms with Gasteiger partial charge in [0.25, 0.3) is 0 Å². The number of halogens is 3. The molecule has 0 aromatic carbocycles. The third-order valence-electron chi connectivity index (χ3n) is 2.36. The molecule has 0 radical (unpaired) electrons. The van der Waals surface area contributed by atoms with Crippen molar-refractivity contribution < 1.29 is 27.9 Å². The van der Waals surface area contributed by atoms with E-state index < -0.39 is 30.6 Å². The van der Waals surface area contributed by atoms with Crippen LogP contribution in [0.3, 0.4) is 0 Å². The zero-order chi connectivity index (χ0) is 15.2. The summed E-state index contributed by atoms with van der Waals surface area (Å²) in [5, 5.41) is 10.8. The van der Waals surface area contributed by atoms with Crippen molar-refractivity contribution in [2.75, 3.05) is 6.54 Å². The van der Waals surface area contributed by atoms with Crippen LogP contribution in [-0.2, 0) is 4.79 Å². The van der Waals surface area contributed by atoms with Crippen LogP contribution in [0.15, 0.2) is 0 Å². The average Bonchev–Trinajstić information content (AvgIpc) is 2.12. The fourth-order valence-electron chi connectivity index (χ4n) is 1.50. The minimum Gasteiger partial charge on any atom is -0.481 e. The number of carboxylic acids is 1. The second kappa shape index (κ2) is 7.20. The Kier molecular flexibility index (Phi) is 6.64. The van der Waals surface area contributed by atoms with Gasteiger partial charge in [-0.1, -0.05) is 0 Å². The van der Waals surface area contributed by atoms with Crippen LogP contribution in [0, 0.1) is 0 Å². The van der Waals surface area contributed by atoms with Gasteiger partial charge in [-0.3, -0.25) is 4.79 Å². The standard InChI is InChI=1S/C11H19F3N2O3/c1-7(2)16(5-4-9(17)18)10(19)15-8(3)6-11(12,13)14/h7-8H,4-6H2,1-3H3,(H,15,19)(H,17,18). The molecule has 19 heavy (non-hydrogen) atoms. The van der Waals surface area contributed by atoms with Crippen molar-refractivity contribution >= 4 is 12.0 Å². The Morgan fingerprint density at radius 2 is 1.79 bits per heavy atom. The van der Waals surface area contributed by atoms with E-state index in [2.05, 4.69) is 5.32 Å². The Morgan fingerprint density at radius 1 is 1.26 bits per heavy atom. The summed E-state index contributed by atoms with van der Waals surface area (Å²) in [4.78, 5) is 23.4. The maximum Gasteiger partial charge on any atom is 0.391 e. The normalized spacial score (nSPS) is 13.2. The number of hydrogen-bond acceptors (Lipinski definition) is 2. The first-order valence-electron chi connectivity index (χ1n) is 5.88. The predicted molar refractivity (Wildman–Crippen MR) is 62.8 cm³/mol. The number of nitrogens with zero attached hydrogens (tertiary/aromatic N) is 1. The molecule has 112 valence electrons. The van der Waals surface area contributed by atoms with Crippen molar-refractivity contribution in [3.63, 3.8) is 0 Å². The van der Waals surface area contributed by atoms with Crippen molar-refractivity contribution in [2.45, 2.75) is 51.9 Å². The van der Waals surface area contributed by atoms with Crippen LogP contribution in [0.25, 0.3) is 0 Å². The highest BCUT2D eigenvalue weighted by Crippen LogP contribution is 2.21. The Balaban J connectivity index is 4.44. The van der Waals surface area contributed by atoms with Crippen LogP contribution in [0.1, 0.15) is 33.6 Å². The number of urea groups is 1. The Labute approximate surface area is 109 Å². The topological polar surface area (TPSA) is 69.6 Å². The van der Waals surface area contributed by atoms with Crippen LogP contribution in [0.4, 0.5) is 18.0 Å². The fraction of sp³-hybridized carbons (Fsp3) is 0.818. The molecule has 1 atom stereocenters. The molecule has 0 aromatic heterocycles. The molecule has 0 spiro atoms. The zero-order valence-corrected chi connectivity index (χ0v) is 11.1. The van der Waals surface area contributed by atoms with E-state index in [1.807, 2.05) is 0 Å². The number of aliphatic carboxylic acids is 1. The second-order valence-electron chi connectivity index (χ2n) is 4.60. The highest BCUT2D eigenvalue weighted by atomic mass is 19.4. The van der Waals surface area contributed by atoms with Gasteiger partial charge in [-0.25, -0.2) is 4.79 Å². The van der Waals surface area contributed by atoms with Crippen LogP contribution in [0.2, 0.25) is 0 Å². The van der Waals surface area contributed by atoms with Gasteiger partial charge < -0.3 is 15.3 Å². The van der Waals surface area contributed by atoms with Gasteiger partial charge in [0, 0.05) is 18.6 Å². The SMILES string of the molecule is CC(CC(F)(F)F)NC(=O)N(CCC(=O)O)C(C)C. The Bertz CT molecular complexity index is 319. The van der Waals surface area contributed by atoms with E-state index in [1.165, 1.54) is 11.8 Å². The van der Waals surface area contributed by atoms with Gasteiger partial charge in [-0.2, -0.15) is 13.2 Å². The summed E-state index contributed by atoms with van der Waals surface area (Å²) in [5.74, 6) is -1.07. The number of carbonyl (C=O) groups is 2.